The van der Waals surface area contributed by atoms with E-state index in [-0.39, 0.29) is 17.3 Å². The van der Waals surface area contributed by atoms with Gasteiger partial charge in [-0.3, -0.25) is 4.79 Å². The molecule has 2 aromatic rings. The molecule has 0 radical (unpaired) electrons. The molecule has 0 spiro atoms. The molecule has 0 bridgehead atoms. The summed E-state index contributed by atoms with van der Waals surface area (Å²) in [5.41, 5.74) is 1.03. The Morgan fingerprint density at radius 2 is 1.83 bits per heavy atom. The predicted molar refractivity (Wildman–Crippen MR) is 65.3 cm³/mol. The lowest BCUT2D eigenvalue weighted by Crippen LogP contribution is -2.03. The van der Waals surface area contributed by atoms with Crippen molar-refractivity contribution in [3.8, 4) is 0 Å². The lowest BCUT2D eigenvalue weighted by Gasteiger charge is -2.04. The van der Waals surface area contributed by atoms with E-state index in [1.807, 2.05) is 0 Å². The maximum atomic E-state index is 12.1. The van der Waals surface area contributed by atoms with Gasteiger partial charge in [0.2, 0.25) is 11.5 Å². The Bertz CT molecular complexity index is 628. The summed E-state index contributed by atoms with van der Waals surface area (Å²) in [6.45, 7) is 1.72. The third kappa shape index (κ3) is 2.15. The van der Waals surface area contributed by atoms with Crippen LogP contribution in [0.5, 0.6) is 0 Å². The van der Waals surface area contributed by atoms with Crippen molar-refractivity contribution < 1.29 is 19.1 Å². The molecule has 18 heavy (non-hydrogen) atoms. The standard InChI is InChI=1S/C13H9ClO4/c1-7-8(3-2-4-9(7)14)12(15)10-5-6-11(18-10)13(16)17/h2-6H,1H3,(H,16,17). The number of hydrogen-bond donors (Lipinski definition) is 1. The van der Waals surface area contributed by atoms with Crippen LogP contribution in [0.4, 0.5) is 0 Å². The Labute approximate surface area is 108 Å². The van der Waals surface area contributed by atoms with Crippen LogP contribution in [0.2, 0.25) is 5.02 Å². The average molecular weight is 265 g/mol. The summed E-state index contributed by atoms with van der Waals surface area (Å²) >= 11 is 5.92. The van der Waals surface area contributed by atoms with Crippen molar-refractivity contribution in [2.45, 2.75) is 6.92 Å². The number of ketones is 1. The van der Waals surface area contributed by atoms with Gasteiger partial charge in [-0.15, -0.1) is 0 Å². The normalized spacial score (nSPS) is 10.3. The zero-order valence-corrected chi connectivity index (χ0v) is 10.2. The minimum Gasteiger partial charge on any atom is -0.475 e. The zero-order valence-electron chi connectivity index (χ0n) is 9.44. The minimum absolute atomic E-state index is 0.0160. The average Bonchev–Trinajstić information content (AvgIpc) is 2.81. The van der Waals surface area contributed by atoms with E-state index in [4.69, 9.17) is 21.1 Å². The van der Waals surface area contributed by atoms with Crippen molar-refractivity contribution in [1.82, 2.24) is 0 Å². The maximum Gasteiger partial charge on any atom is 0.371 e. The number of benzene rings is 1. The summed E-state index contributed by atoms with van der Waals surface area (Å²) < 4.78 is 4.96. The van der Waals surface area contributed by atoms with Gasteiger partial charge in [0.1, 0.15) is 0 Å². The molecule has 1 heterocycles. The molecule has 1 aromatic heterocycles. The van der Waals surface area contributed by atoms with Gasteiger partial charge >= 0.3 is 5.97 Å². The fraction of sp³-hybridized carbons (Fsp3) is 0.0769. The molecule has 0 fully saturated rings. The van der Waals surface area contributed by atoms with Gasteiger partial charge < -0.3 is 9.52 Å². The van der Waals surface area contributed by atoms with Crippen molar-refractivity contribution in [3.05, 3.63) is 58.0 Å². The Kier molecular flexibility index (Phi) is 3.21. The van der Waals surface area contributed by atoms with Crippen molar-refractivity contribution in [2.75, 3.05) is 0 Å². The third-order valence-corrected chi connectivity index (χ3v) is 2.96. The first-order chi connectivity index (χ1) is 8.50. The van der Waals surface area contributed by atoms with Gasteiger partial charge in [-0.2, -0.15) is 0 Å². The van der Waals surface area contributed by atoms with Crippen molar-refractivity contribution in [2.24, 2.45) is 0 Å². The highest BCUT2D eigenvalue weighted by Gasteiger charge is 2.18. The van der Waals surface area contributed by atoms with E-state index in [2.05, 4.69) is 0 Å². The number of carboxylic acid groups (broad SMARTS) is 1. The molecule has 92 valence electrons. The van der Waals surface area contributed by atoms with Crippen molar-refractivity contribution >= 4 is 23.4 Å². The predicted octanol–water partition coefficient (Wildman–Crippen LogP) is 3.17. The van der Waals surface area contributed by atoms with Gasteiger partial charge in [-0.05, 0) is 30.7 Å². The number of hydrogen-bond acceptors (Lipinski definition) is 3. The number of rotatable bonds is 3. The van der Waals surface area contributed by atoms with Crippen molar-refractivity contribution in [1.29, 1.82) is 0 Å². The maximum absolute atomic E-state index is 12.1. The van der Waals surface area contributed by atoms with E-state index in [0.717, 1.165) is 0 Å². The second kappa shape index (κ2) is 4.66. The summed E-state index contributed by atoms with van der Waals surface area (Å²) in [4.78, 5) is 22.8. The third-order valence-electron chi connectivity index (χ3n) is 2.55. The van der Waals surface area contributed by atoms with Gasteiger partial charge in [0.05, 0.1) is 0 Å². The molecule has 1 N–H and O–H groups in total. The Hall–Kier alpha value is -2.07. The summed E-state index contributed by atoms with van der Waals surface area (Å²) in [5.74, 6) is -1.88. The van der Waals surface area contributed by atoms with Crippen molar-refractivity contribution in [3.63, 3.8) is 0 Å². The molecular formula is C13H9ClO4. The van der Waals surface area contributed by atoms with E-state index in [1.165, 1.54) is 12.1 Å². The SMILES string of the molecule is Cc1c(Cl)cccc1C(=O)c1ccc(C(=O)O)o1. The first kappa shape index (κ1) is 12.4. The monoisotopic (exact) mass is 264 g/mol. The first-order valence-electron chi connectivity index (χ1n) is 5.13. The molecule has 0 saturated heterocycles. The van der Waals surface area contributed by atoms with Crippen LogP contribution in [-0.2, 0) is 0 Å². The van der Waals surface area contributed by atoms with Gasteiger partial charge in [-0.25, -0.2) is 4.79 Å². The molecule has 0 aliphatic rings. The number of halogens is 1. The smallest absolute Gasteiger partial charge is 0.371 e. The summed E-state index contributed by atoms with van der Waals surface area (Å²) in [7, 11) is 0. The molecule has 0 unspecified atom stereocenters. The Morgan fingerprint density at radius 1 is 1.17 bits per heavy atom. The molecule has 1 aromatic carbocycles. The van der Waals surface area contributed by atoms with Gasteiger partial charge in [-0.1, -0.05) is 23.7 Å². The van der Waals surface area contributed by atoms with Crippen LogP contribution in [0.3, 0.4) is 0 Å². The summed E-state index contributed by atoms with van der Waals surface area (Å²) in [5, 5.41) is 9.20. The fourth-order valence-electron chi connectivity index (χ4n) is 1.56. The van der Waals surface area contributed by atoms with E-state index < -0.39 is 5.97 Å². The molecule has 0 atom stereocenters. The highest BCUT2D eigenvalue weighted by atomic mass is 35.5. The van der Waals surface area contributed by atoms with Crippen LogP contribution < -0.4 is 0 Å². The Morgan fingerprint density at radius 3 is 2.44 bits per heavy atom. The second-order valence-electron chi connectivity index (χ2n) is 3.71. The topological polar surface area (TPSA) is 67.5 Å². The minimum atomic E-state index is -1.21. The number of furan rings is 1. The summed E-state index contributed by atoms with van der Waals surface area (Å²) in [6, 6.07) is 7.54. The number of carbonyl (C=O) groups excluding carboxylic acids is 1. The lowest BCUT2D eigenvalue weighted by atomic mass is 10.0. The van der Waals surface area contributed by atoms with Crippen LogP contribution in [0.1, 0.15) is 32.2 Å². The molecule has 0 saturated carbocycles. The van der Waals surface area contributed by atoms with E-state index in [1.54, 1.807) is 25.1 Å². The highest BCUT2D eigenvalue weighted by Crippen LogP contribution is 2.22. The second-order valence-corrected chi connectivity index (χ2v) is 4.12. The molecule has 0 aliphatic heterocycles. The largest absolute Gasteiger partial charge is 0.475 e. The van der Waals surface area contributed by atoms with Crippen LogP contribution in [-0.4, -0.2) is 16.9 Å². The molecule has 0 aliphatic carbocycles. The number of carbonyl (C=O) groups is 2. The van der Waals surface area contributed by atoms with Crippen LogP contribution in [0.15, 0.2) is 34.7 Å². The van der Waals surface area contributed by atoms with Crippen LogP contribution >= 0.6 is 11.6 Å². The Balaban J connectivity index is 2.41. The van der Waals surface area contributed by atoms with Gasteiger partial charge in [0, 0.05) is 10.6 Å². The first-order valence-corrected chi connectivity index (χ1v) is 5.51. The van der Waals surface area contributed by atoms with Gasteiger partial charge in [0.15, 0.2) is 5.76 Å². The fourth-order valence-corrected chi connectivity index (χ4v) is 1.74. The van der Waals surface area contributed by atoms with Gasteiger partial charge in [0.25, 0.3) is 0 Å². The molecule has 4 nitrogen and oxygen atoms in total. The highest BCUT2D eigenvalue weighted by molar-refractivity contribution is 6.32. The van der Waals surface area contributed by atoms with E-state index in [9.17, 15) is 9.59 Å². The number of carboxylic acids is 1. The molecule has 5 heteroatoms. The summed E-state index contributed by atoms with van der Waals surface area (Å²) in [6.07, 6.45) is 0. The quantitative estimate of drug-likeness (QED) is 0.865. The lowest BCUT2D eigenvalue weighted by molar-refractivity contribution is 0.0660. The molecule has 2 rings (SSSR count). The van der Waals surface area contributed by atoms with E-state index >= 15 is 0 Å². The number of aromatic carboxylic acids is 1. The van der Waals surface area contributed by atoms with E-state index in [0.29, 0.717) is 16.1 Å². The molecular weight excluding hydrogens is 256 g/mol. The molecule has 0 amide bonds. The zero-order chi connectivity index (χ0) is 13.3. The van der Waals surface area contributed by atoms with Crippen LogP contribution in [0.25, 0.3) is 0 Å². The van der Waals surface area contributed by atoms with Crippen LogP contribution in [0, 0.1) is 6.92 Å².